The third-order valence-corrected chi connectivity index (χ3v) is 2.95. The summed E-state index contributed by atoms with van der Waals surface area (Å²) >= 11 is 0. The quantitative estimate of drug-likeness (QED) is 0.788. The number of hydrogen-bond acceptors (Lipinski definition) is 3. The molecule has 1 N–H and O–H groups in total. The van der Waals surface area contributed by atoms with E-state index in [-0.39, 0.29) is 0 Å². The molecule has 2 rings (SSSR count). The summed E-state index contributed by atoms with van der Waals surface area (Å²) in [5.74, 6) is 1.96. The molecule has 0 spiro atoms. The van der Waals surface area contributed by atoms with Crippen LogP contribution in [-0.2, 0) is 20.0 Å². The molecule has 0 bridgehead atoms. The molecule has 0 amide bonds. The normalized spacial score (nSPS) is 10.6. The second kappa shape index (κ2) is 6.21. The maximum atomic E-state index is 5.13. The van der Waals surface area contributed by atoms with Gasteiger partial charge in [0, 0.05) is 19.4 Å². The van der Waals surface area contributed by atoms with Gasteiger partial charge in [0.15, 0.2) is 0 Å². The molecule has 0 aliphatic carbocycles. The summed E-state index contributed by atoms with van der Waals surface area (Å²) in [4.78, 5) is 4.27. The molecule has 2 aromatic rings. The van der Waals surface area contributed by atoms with Crippen molar-refractivity contribution < 1.29 is 4.74 Å². The summed E-state index contributed by atoms with van der Waals surface area (Å²) in [6.07, 6.45) is 4.79. The summed E-state index contributed by atoms with van der Waals surface area (Å²) < 4.78 is 7.16. The first-order valence-electron chi connectivity index (χ1n) is 6.09. The Balaban J connectivity index is 1.73. The van der Waals surface area contributed by atoms with Crippen LogP contribution in [-0.4, -0.2) is 23.2 Å². The van der Waals surface area contributed by atoms with E-state index < -0.39 is 0 Å². The largest absolute Gasteiger partial charge is 0.497 e. The first-order valence-corrected chi connectivity index (χ1v) is 6.09. The van der Waals surface area contributed by atoms with E-state index in [0.29, 0.717) is 0 Å². The van der Waals surface area contributed by atoms with Crippen molar-refractivity contribution in [2.45, 2.75) is 13.0 Å². The Morgan fingerprint density at radius 2 is 2.06 bits per heavy atom. The number of imidazole rings is 1. The Morgan fingerprint density at radius 1 is 1.28 bits per heavy atom. The van der Waals surface area contributed by atoms with Crippen molar-refractivity contribution in [2.24, 2.45) is 7.05 Å². The molecule has 0 unspecified atom stereocenters. The van der Waals surface area contributed by atoms with Gasteiger partial charge in [-0.2, -0.15) is 0 Å². The number of aryl methyl sites for hydroxylation is 1. The Morgan fingerprint density at radius 3 is 2.67 bits per heavy atom. The van der Waals surface area contributed by atoms with E-state index in [0.717, 1.165) is 31.1 Å². The van der Waals surface area contributed by atoms with Crippen LogP contribution in [0, 0.1) is 0 Å². The number of nitrogens with zero attached hydrogens (tertiary/aromatic N) is 2. The Kier molecular flexibility index (Phi) is 4.36. The maximum Gasteiger partial charge on any atom is 0.122 e. The first kappa shape index (κ1) is 12.6. The van der Waals surface area contributed by atoms with Gasteiger partial charge in [0.25, 0.3) is 0 Å². The fourth-order valence-corrected chi connectivity index (χ4v) is 1.79. The minimum atomic E-state index is 0.805. The molecule has 0 radical (unpaired) electrons. The van der Waals surface area contributed by atoms with E-state index in [9.17, 15) is 0 Å². The highest BCUT2D eigenvalue weighted by atomic mass is 16.5. The van der Waals surface area contributed by atoms with Gasteiger partial charge in [-0.3, -0.25) is 0 Å². The summed E-state index contributed by atoms with van der Waals surface area (Å²) in [5.41, 5.74) is 1.31. The summed E-state index contributed by atoms with van der Waals surface area (Å²) in [6, 6.07) is 8.19. The number of nitrogens with one attached hydrogen (secondary N) is 1. The van der Waals surface area contributed by atoms with Gasteiger partial charge in [0.05, 0.1) is 13.7 Å². The van der Waals surface area contributed by atoms with E-state index in [1.807, 2.05) is 36.1 Å². The average molecular weight is 245 g/mol. The number of benzene rings is 1. The van der Waals surface area contributed by atoms with Crippen molar-refractivity contribution in [1.29, 1.82) is 0 Å². The molecule has 4 nitrogen and oxygen atoms in total. The van der Waals surface area contributed by atoms with Gasteiger partial charge < -0.3 is 14.6 Å². The van der Waals surface area contributed by atoms with Crippen LogP contribution in [0.25, 0.3) is 0 Å². The highest BCUT2D eigenvalue weighted by Crippen LogP contribution is 2.11. The summed E-state index contributed by atoms with van der Waals surface area (Å²) in [7, 11) is 3.69. The van der Waals surface area contributed by atoms with Crippen molar-refractivity contribution in [3.63, 3.8) is 0 Å². The van der Waals surface area contributed by atoms with Crippen LogP contribution in [0.3, 0.4) is 0 Å². The summed E-state index contributed by atoms with van der Waals surface area (Å²) in [6.45, 7) is 1.75. The van der Waals surface area contributed by atoms with Crippen LogP contribution in [0.15, 0.2) is 36.7 Å². The smallest absolute Gasteiger partial charge is 0.122 e. The van der Waals surface area contributed by atoms with Gasteiger partial charge in [-0.1, -0.05) is 12.1 Å². The van der Waals surface area contributed by atoms with Crippen molar-refractivity contribution in [3.05, 3.63) is 48.0 Å². The highest BCUT2D eigenvalue weighted by Gasteiger charge is 1.98. The van der Waals surface area contributed by atoms with Crippen LogP contribution in [0.4, 0.5) is 0 Å². The number of ether oxygens (including phenoxy) is 1. The molecule has 0 aliphatic rings. The molecular weight excluding hydrogens is 226 g/mol. The van der Waals surface area contributed by atoms with Crippen LogP contribution in [0.5, 0.6) is 5.75 Å². The molecule has 0 saturated carbocycles. The molecule has 4 heteroatoms. The number of aromatic nitrogens is 2. The van der Waals surface area contributed by atoms with Crippen LogP contribution in [0.1, 0.15) is 11.4 Å². The minimum Gasteiger partial charge on any atom is -0.497 e. The minimum absolute atomic E-state index is 0.805. The molecular formula is C14H19N3O. The Labute approximate surface area is 108 Å². The Hall–Kier alpha value is -1.81. The zero-order valence-electron chi connectivity index (χ0n) is 10.9. The first-order chi connectivity index (χ1) is 8.79. The van der Waals surface area contributed by atoms with Crippen molar-refractivity contribution in [1.82, 2.24) is 14.9 Å². The molecule has 0 fully saturated rings. The van der Waals surface area contributed by atoms with E-state index >= 15 is 0 Å². The van der Waals surface area contributed by atoms with Gasteiger partial charge in [-0.15, -0.1) is 0 Å². The lowest BCUT2D eigenvalue weighted by Gasteiger charge is -2.06. The molecule has 1 heterocycles. The third-order valence-electron chi connectivity index (χ3n) is 2.95. The zero-order valence-corrected chi connectivity index (χ0v) is 10.9. The fraction of sp³-hybridized carbons (Fsp3) is 0.357. The van der Waals surface area contributed by atoms with E-state index in [1.54, 1.807) is 7.11 Å². The van der Waals surface area contributed by atoms with E-state index in [2.05, 4.69) is 22.4 Å². The highest BCUT2D eigenvalue weighted by molar-refractivity contribution is 5.27. The molecule has 1 aromatic heterocycles. The predicted molar refractivity (Wildman–Crippen MR) is 71.6 cm³/mol. The van der Waals surface area contributed by atoms with Crippen LogP contribution < -0.4 is 10.1 Å². The van der Waals surface area contributed by atoms with Gasteiger partial charge in [-0.05, 0) is 30.7 Å². The lowest BCUT2D eigenvalue weighted by Crippen LogP contribution is -2.18. The van der Waals surface area contributed by atoms with E-state index in [4.69, 9.17) is 4.74 Å². The SMILES string of the molecule is COc1ccc(CCNCc2nccn2C)cc1. The van der Waals surface area contributed by atoms with Gasteiger partial charge in [0.1, 0.15) is 11.6 Å². The molecule has 1 aromatic carbocycles. The number of methoxy groups -OCH3 is 1. The topological polar surface area (TPSA) is 39.1 Å². The lowest BCUT2D eigenvalue weighted by atomic mass is 10.1. The van der Waals surface area contributed by atoms with Crippen LogP contribution in [0.2, 0.25) is 0 Å². The molecule has 0 aliphatic heterocycles. The lowest BCUT2D eigenvalue weighted by molar-refractivity contribution is 0.414. The molecule has 96 valence electrons. The van der Waals surface area contributed by atoms with Gasteiger partial charge in [0.2, 0.25) is 0 Å². The molecule has 0 atom stereocenters. The predicted octanol–water partition coefficient (Wildman–Crippen LogP) is 1.76. The standard InChI is InChI=1S/C14H19N3O/c1-17-10-9-16-14(17)11-15-8-7-12-3-5-13(18-2)6-4-12/h3-6,9-10,15H,7-8,11H2,1-2H3. The summed E-state index contributed by atoms with van der Waals surface area (Å²) in [5, 5.41) is 3.39. The second-order valence-electron chi connectivity index (χ2n) is 4.23. The Bertz CT molecular complexity index is 476. The zero-order chi connectivity index (χ0) is 12.8. The second-order valence-corrected chi connectivity index (χ2v) is 4.23. The van der Waals surface area contributed by atoms with Crippen molar-refractivity contribution in [3.8, 4) is 5.75 Å². The molecule has 0 saturated heterocycles. The average Bonchev–Trinajstić information content (AvgIpc) is 2.81. The number of hydrogen-bond donors (Lipinski definition) is 1. The molecule has 18 heavy (non-hydrogen) atoms. The van der Waals surface area contributed by atoms with Crippen molar-refractivity contribution >= 4 is 0 Å². The van der Waals surface area contributed by atoms with Crippen LogP contribution >= 0.6 is 0 Å². The monoisotopic (exact) mass is 245 g/mol. The van der Waals surface area contributed by atoms with E-state index in [1.165, 1.54) is 5.56 Å². The number of rotatable bonds is 6. The third kappa shape index (κ3) is 3.34. The van der Waals surface area contributed by atoms with Gasteiger partial charge >= 0.3 is 0 Å². The van der Waals surface area contributed by atoms with Gasteiger partial charge in [-0.25, -0.2) is 4.98 Å². The van der Waals surface area contributed by atoms with Crippen molar-refractivity contribution in [2.75, 3.05) is 13.7 Å². The maximum absolute atomic E-state index is 5.13. The fourth-order valence-electron chi connectivity index (χ4n) is 1.79.